The summed E-state index contributed by atoms with van der Waals surface area (Å²) in [7, 11) is 0. The molecule has 2 aromatic carbocycles. The Morgan fingerprint density at radius 1 is 1.14 bits per heavy atom. The van der Waals surface area contributed by atoms with Crippen LogP contribution >= 0.6 is 11.6 Å². The Morgan fingerprint density at radius 3 is 2.67 bits per heavy atom. The van der Waals surface area contributed by atoms with E-state index in [0.717, 1.165) is 17.5 Å². The van der Waals surface area contributed by atoms with E-state index in [1.54, 1.807) is 6.07 Å². The maximum atomic E-state index is 9.16. The summed E-state index contributed by atoms with van der Waals surface area (Å²) in [4.78, 5) is 0. The van der Waals surface area contributed by atoms with Crippen molar-refractivity contribution in [1.29, 1.82) is 5.26 Å². The van der Waals surface area contributed by atoms with E-state index in [-0.39, 0.29) is 0 Å². The molecule has 0 amide bonds. The van der Waals surface area contributed by atoms with Crippen molar-refractivity contribution >= 4 is 17.7 Å². The first-order valence-electron chi connectivity index (χ1n) is 6.77. The zero-order valence-electron chi connectivity index (χ0n) is 11.6. The molecular weight excluding hydrogens is 282 g/mol. The molecular formula is C18H16ClNO. The van der Waals surface area contributed by atoms with Crippen LogP contribution in [0.1, 0.15) is 23.1 Å². The second-order valence-corrected chi connectivity index (χ2v) is 4.90. The Hall–Kier alpha value is -2.24. The topological polar surface area (TPSA) is 33.0 Å². The lowest BCUT2D eigenvalue weighted by Gasteiger charge is -2.09. The third-order valence-corrected chi connectivity index (χ3v) is 3.17. The van der Waals surface area contributed by atoms with E-state index in [1.165, 1.54) is 0 Å². The van der Waals surface area contributed by atoms with Crippen LogP contribution in [0, 0.1) is 11.3 Å². The van der Waals surface area contributed by atoms with Gasteiger partial charge in [0.2, 0.25) is 0 Å². The number of allylic oxidation sites excluding steroid dienone is 1. The highest BCUT2D eigenvalue weighted by Gasteiger charge is 2.04. The minimum absolute atomic E-state index is 0.449. The van der Waals surface area contributed by atoms with Gasteiger partial charge in [-0.25, -0.2) is 0 Å². The number of halogens is 1. The standard InChI is InChI=1S/C18H16ClNO/c19-11-5-4-6-15-9-10-17(13-20)18(12-15)21-14-16-7-2-1-3-8-16/h1-4,6-10,12H,5,11,14H2. The van der Waals surface area contributed by atoms with Gasteiger partial charge >= 0.3 is 0 Å². The summed E-state index contributed by atoms with van der Waals surface area (Å²) in [5.74, 6) is 1.21. The third kappa shape index (κ3) is 4.66. The molecule has 2 nitrogen and oxygen atoms in total. The highest BCUT2D eigenvalue weighted by atomic mass is 35.5. The third-order valence-electron chi connectivity index (χ3n) is 2.95. The maximum Gasteiger partial charge on any atom is 0.138 e. The van der Waals surface area contributed by atoms with Gasteiger partial charge < -0.3 is 4.74 Å². The Balaban J connectivity index is 2.12. The maximum absolute atomic E-state index is 9.16. The molecule has 0 radical (unpaired) electrons. The molecule has 0 aromatic heterocycles. The number of rotatable bonds is 6. The van der Waals surface area contributed by atoms with Gasteiger partial charge in [-0.2, -0.15) is 5.26 Å². The Morgan fingerprint density at radius 2 is 1.95 bits per heavy atom. The fraction of sp³-hybridized carbons (Fsp3) is 0.167. The minimum Gasteiger partial charge on any atom is -0.488 e. The lowest BCUT2D eigenvalue weighted by atomic mass is 10.1. The molecule has 2 rings (SSSR count). The summed E-state index contributed by atoms with van der Waals surface area (Å²) in [6.07, 6.45) is 4.82. The highest BCUT2D eigenvalue weighted by molar-refractivity contribution is 6.17. The van der Waals surface area contributed by atoms with Crippen LogP contribution in [0.4, 0.5) is 0 Å². The number of hydrogen-bond donors (Lipinski definition) is 0. The number of nitriles is 1. The smallest absolute Gasteiger partial charge is 0.138 e. The molecule has 0 N–H and O–H groups in total. The molecule has 3 heteroatoms. The number of benzene rings is 2. The number of nitrogens with zero attached hydrogens (tertiary/aromatic N) is 1. The van der Waals surface area contributed by atoms with Crippen LogP contribution in [-0.2, 0) is 6.61 Å². The van der Waals surface area contributed by atoms with Gasteiger partial charge in [-0.3, -0.25) is 0 Å². The second kappa shape index (κ2) is 8.14. The minimum atomic E-state index is 0.449. The fourth-order valence-corrected chi connectivity index (χ4v) is 2.00. The van der Waals surface area contributed by atoms with Crippen LogP contribution < -0.4 is 4.74 Å². The zero-order chi connectivity index (χ0) is 14.9. The second-order valence-electron chi connectivity index (χ2n) is 4.52. The van der Waals surface area contributed by atoms with Crippen molar-refractivity contribution in [2.24, 2.45) is 0 Å². The van der Waals surface area contributed by atoms with Gasteiger partial charge in [0.1, 0.15) is 18.4 Å². The van der Waals surface area contributed by atoms with Crippen molar-refractivity contribution in [3.63, 3.8) is 0 Å². The van der Waals surface area contributed by atoms with Crippen molar-refractivity contribution in [1.82, 2.24) is 0 Å². The number of hydrogen-bond acceptors (Lipinski definition) is 2. The van der Waals surface area contributed by atoms with E-state index < -0.39 is 0 Å². The van der Waals surface area contributed by atoms with Crippen LogP contribution in [-0.4, -0.2) is 5.88 Å². The van der Waals surface area contributed by atoms with Crippen molar-refractivity contribution in [2.75, 3.05) is 5.88 Å². The van der Waals surface area contributed by atoms with Crippen molar-refractivity contribution in [3.8, 4) is 11.8 Å². The highest BCUT2D eigenvalue weighted by Crippen LogP contribution is 2.22. The molecule has 0 heterocycles. The summed E-state index contributed by atoms with van der Waals surface area (Å²) >= 11 is 5.65. The zero-order valence-corrected chi connectivity index (χ0v) is 12.4. The SMILES string of the molecule is N#Cc1ccc(C=CCCCl)cc1OCc1ccccc1. The predicted molar refractivity (Wildman–Crippen MR) is 86.3 cm³/mol. The van der Waals surface area contributed by atoms with E-state index in [0.29, 0.717) is 23.8 Å². The molecule has 0 unspecified atom stereocenters. The van der Waals surface area contributed by atoms with Gasteiger partial charge in [0.15, 0.2) is 0 Å². The quantitative estimate of drug-likeness (QED) is 0.719. The summed E-state index contributed by atoms with van der Waals surface area (Å²) in [6, 6.07) is 17.6. The first-order chi connectivity index (χ1) is 10.3. The van der Waals surface area contributed by atoms with E-state index in [4.69, 9.17) is 21.6 Å². The molecule has 0 aliphatic heterocycles. The van der Waals surface area contributed by atoms with Gasteiger partial charge in [-0.15, -0.1) is 11.6 Å². The molecule has 0 atom stereocenters. The molecule has 0 fully saturated rings. The molecule has 21 heavy (non-hydrogen) atoms. The van der Waals surface area contributed by atoms with Crippen molar-refractivity contribution < 1.29 is 4.74 Å². The molecule has 0 bridgehead atoms. The summed E-state index contributed by atoms with van der Waals surface area (Å²) < 4.78 is 5.78. The van der Waals surface area contributed by atoms with Crippen LogP contribution in [0.3, 0.4) is 0 Å². The van der Waals surface area contributed by atoms with Crippen LogP contribution in [0.15, 0.2) is 54.6 Å². The lowest BCUT2D eigenvalue weighted by molar-refractivity contribution is 0.305. The van der Waals surface area contributed by atoms with Crippen molar-refractivity contribution in [2.45, 2.75) is 13.0 Å². The Kier molecular flexibility index (Phi) is 5.87. The number of ether oxygens (including phenoxy) is 1. The molecule has 0 aliphatic carbocycles. The van der Waals surface area contributed by atoms with E-state index in [1.807, 2.05) is 54.6 Å². The Labute approximate surface area is 130 Å². The first kappa shape index (κ1) is 15.2. The monoisotopic (exact) mass is 297 g/mol. The fourth-order valence-electron chi connectivity index (χ4n) is 1.87. The molecule has 0 spiro atoms. The van der Waals surface area contributed by atoms with Gasteiger partial charge in [0, 0.05) is 5.88 Å². The van der Waals surface area contributed by atoms with Gasteiger partial charge in [-0.1, -0.05) is 48.6 Å². The largest absolute Gasteiger partial charge is 0.488 e. The number of alkyl halides is 1. The molecule has 2 aromatic rings. The van der Waals surface area contributed by atoms with Crippen LogP contribution in [0.5, 0.6) is 5.75 Å². The van der Waals surface area contributed by atoms with Crippen molar-refractivity contribution in [3.05, 3.63) is 71.3 Å². The van der Waals surface area contributed by atoms with Gasteiger partial charge in [0.25, 0.3) is 0 Å². The molecule has 0 aliphatic rings. The van der Waals surface area contributed by atoms with E-state index in [2.05, 4.69) is 6.07 Å². The summed E-state index contributed by atoms with van der Waals surface area (Å²) in [6.45, 7) is 0.449. The van der Waals surface area contributed by atoms with Crippen LogP contribution in [0.2, 0.25) is 0 Å². The molecule has 106 valence electrons. The lowest BCUT2D eigenvalue weighted by Crippen LogP contribution is -1.97. The first-order valence-corrected chi connectivity index (χ1v) is 7.30. The van der Waals surface area contributed by atoms with Crippen LogP contribution in [0.25, 0.3) is 6.08 Å². The molecule has 0 saturated carbocycles. The normalized spacial score (nSPS) is 10.5. The summed E-state index contributed by atoms with van der Waals surface area (Å²) in [5.41, 5.74) is 2.62. The van der Waals surface area contributed by atoms with Gasteiger partial charge in [0.05, 0.1) is 5.56 Å². The van der Waals surface area contributed by atoms with E-state index in [9.17, 15) is 0 Å². The Bertz CT molecular complexity index is 644. The average Bonchev–Trinajstić information content (AvgIpc) is 2.54. The van der Waals surface area contributed by atoms with Gasteiger partial charge in [-0.05, 0) is 29.7 Å². The summed E-state index contributed by atoms with van der Waals surface area (Å²) in [5, 5.41) is 9.16. The molecule has 0 saturated heterocycles. The van der Waals surface area contributed by atoms with E-state index >= 15 is 0 Å². The predicted octanol–water partition coefficient (Wildman–Crippen LogP) is 4.78. The average molecular weight is 298 g/mol.